The monoisotopic (exact) mass is 317 g/mol. The second kappa shape index (κ2) is 4.28. The minimum Gasteiger partial charge on any atom is -0.296 e. The van der Waals surface area contributed by atoms with E-state index in [0.29, 0.717) is 6.29 Å². The lowest BCUT2D eigenvalue weighted by Crippen LogP contribution is -1.98. The second-order valence-corrected chi connectivity index (χ2v) is 3.58. The van der Waals surface area contributed by atoms with Crippen LogP contribution >= 0.6 is 34.2 Å². The van der Waals surface area contributed by atoms with Crippen LogP contribution in [-0.2, 0) is 0 Å². The van der Waals surface area contributed by atoms with Gasteiger partial charge in [-0.15, -0.1) is 0 Å². The molecule has 0 saturated heterocycles. The Morgan fingerprint density at radius 1 is 1.62 bits per heavy atom. The molecule has 0 unspecified atom stereocenters. The van der Waals surface area contributed by atoms with E-state index < -0.39 is 6.43 Å². The number of aldehydes is 1. The van der Waals surface area contributed by atoms with Crippen LogP contribution in [0.1, 0.15) is 22.5 Å². The summed E-state index contributed by atoms with van der Waals surface area (Å²) in [6, 6.07) is 1.06. The predicted octanol–water partition coefficient (Wildman–Crippen LogP) is 3.09. The van der Waals surface area contributed by atoms with E-state index in [4.69, 9.17) is 11.6 Å². The predicted molar refractivity (Wildman–Crippen MR) is 52.3 cm³/mol. The summed E-state index contributed by atoms with van der Waals surface area (Å²) in [6.45, 7) is 0. The maximum absolute atomic E-state index is 12.3. The van der Waals surface area contributed by atoms with E-state index in [1.807, 2.05) is 0 Å². The second-order valence-electron chi connectivity index (χ2n) is 2.15. The number of carbonyl (C=O) groups is 1. The highest BCUT2D eigenvalue weighted by Crippen LogP contribution is 2.26. The summed E-state index contributed by atoms with van der Waals surface area (Å²) in [5, 5.41) is -0.0503. The fourth-order valence-electron chi connectivity index (χ4n) is 0.729. The molecule has 0 aliphatic carbocycles. The maximum Gasteiger partial charge on any atom is 0.266 e. The van der Waals surface area contributed by atoms with Crippen LogP contribution in [0, 0.1) is 3.70 Å². The minimum atomic E-state index is -2.63. The van der Waals surface area contributed by atoms with Gasteiger partial charge < -0.3 is 0 Å². The molecule has 1 aromatic heterocycles. The summed E-state index contributed by atoms with van der Waals surface area (Å²) < 4.78 is 24.6. The minimum absolute atomic E-state index is 0.0181. The molecule has 2 nitrogen and oxygen atoms in total. The van der Waals surface area contributed by atoms with Gasteiger partial charge in [0.2, 0.25) is 0 Å². The van der Waals surface area contributed by atoms with Crippen LogP contribution in [0.4, 0.5) is 8.78 Å². The molecular formula is C7H3ClF2INO. The summed E-state index contributed by atoms with van der Waals surface area (Å²) in [5.74, 6) is 0. The van der Waals surface area contributed by atoms with Gasteiger partial charge in [0.05, 0.1) is 10.6 Å². The Labute approximate surface area is 91.4 Å². The largest absolute Gasteiger partial charge is 0.296 e. The molecule has 13 heavy (non-hydrogen) atoms. The van der Waals surface area contributed by atoms with Crippen LogP contribution in [0.3, 0.4) is 0 Å². The molecule has 0 aromatic carbocycles. The Morgan fingerprint density at radius 2 is 2.23 bits per heavy atom. The molecule has 1 aromatic rings. The van der Waals surface area contributed by atoms with E-state index in [1.165, 1.54) is 0 Å². The van der Waals surface area contributed by atoms with Crippen LogP contribution < -0.4 is 0 Å². The van der Waals surface area contributed by atoms with Gasteiger partial charge in [-0.3, -0.25) is 4.79 Å². The Hall–Kier alpha value is -0.300. The van der Waals surface area contributed by atoms with Crippen molar-refractivity contribution < 1.29 is 13.6 Å². The summed E-state index contributed by atoms with van der Waals surface area (Å²) in [7, 11) is 0. The first kappa shape index (κ1) is 10.8. The molecule has 0 radical (unpaired) electrons. The van der Waals surface area contributed by atoms with Crippen LogP contribution in [0.5, 0.6) is 0 Å². The summed E-state index contributed by atoms with van der Waals surface area (Å²) in [5.41, 5.74) is -0.272. The first-order chi connectivity index (χ1) is 6.06. The average molecular weight is 317 g/mol. The highest BCUT2D eigenvalue weighted by molar-refractivity contribution is 14.1. The smallest absolute Gasteiger partial charge is 0.266 e. The van der Waals surface area contributed by atoms with Gasteiger partial charge in [-0.05, 0) is 28.7 Å². The highest BCUT2D eigenvalue weighted by atomic mass is 127. The lowest BCUT2D eigenvalue weighted by atomic mass is 10.2. The molecular weight excluding hydrogens is 314 g/mol. The Kier molecular flexibility index (Phi) is 3.55. The zero-order valence-corrected chi connectivity index (χ0v) is 9.01. The van der Waals surface area contributed by atoms with Gasteiger partial charge in [0.15, 0.2) is 6.29 Å². The van der Waals surface area contributed by atoms with Crippen LogP contribution in [0.25, 0.3) is 0 Å². The van der Waals surface area contributed by atoms with Crippen molar-refractivity contribution in [3.8, 4) is 0 Å². The van der Waals surface area contributed by atoms with Crippen molar-refractivity contribution in [2.24, 2.45) is 0 Å². The number of rotatable bonds is 2. The van der Waals surface area contributed by atoms with Gasteiger partial charge in [0, 0.05) is 0 Å². The number of nitrogens with zero attached hydrogens (tertiary/aromatic N) is 1. The van der Waals surface area contributed by atoms with Crippen molar-refractivity contribution in [3.05, 3.63) is 26.0 Å². The average Bonchev–Trinajstić information content (AvgIpc) is 2.07. The van der Waals surface area contributed by atoms with Crippen molar-refractivity contribution >= 4 is 40.5 Å². The number of alkyl halides is 2. The van der Waals surface area contributed by atoms with Crippen LogP contribution in [0.15, 0.2) is 6.07 Å². The number of hydrogen-bond donors (Lipinski definition) is 0. The molecule has 6 heteroatoms. The summed E-state index contributed by atoms with van der Waals surface area (Å²) >= 11 is 7.15. The first-order valence-corrected chi connectivity index (χ1v) is 4.61. The Morgan fingerprint density at radius 3 is 2.69 bits per heavy atom. The molecule has 0 N–H and O–H groups in total. The third kappa shape index (κ3) is 2.34. The molecule has 0 spiro atoms. The van der Waals surface area contributed by atoms with E-state index in [-0.39, 0.29) is 20.0 Å². The molecule has 0 aliphatic rings. The highest BCUT2D eigenvalue weighted by Gasteiger charge is 2.15. The van der Waals surface area contributed by atoms with Gasteiger partial charge in [0.25, 0.3) is 6.43 Å². The number of aromatic nitrogens is 1. The quantitative estimate of drug-likeness (QED) is 0.477. The lowest BCUT2D eigenvalue weighted by Gasteiger charge is -2.04. The van der Waals surface area contributed by atoms with Gasteiger partial charge in [0.1, 0.15) is 9.39 Å². The molecule has 0 atom stereocenters. The van der Waals surface area contributed by atoms with Crippen molar-refractivity contribution in [1.29, 1.82) is 0 Å². The molecule has 0 bridgehead atoms. The topological polar surface area (TPSA) is 30.0 Å². The lowest BCUT2D eigenvalue weighted by molar-refractivity contribution is 0.111. The zero-order valence-electron chi connectivity index (χ0n) is 6.10. The number of carbonyl (C=O) groups excluding carboxylic acids is 1. The molecule has 0 aliphatic heterocycles. The Balaban J connectivity index is 3.28. The van der Waals surface area contributed by atoms with E-state index in [2.05, 4.69) is 4.98 Å². The van der Waals surface area contributed by atoms with Crippen LogP contribution in [-0.4, -0.2) is 11.3 Å². The van der Waals surface area contributed by atoms with Crippen LogP contribution in [0.2, 0.25) is 5.02 Å². The van der Waals surface area contributed by atoms with Crippen molar-refractivity contribution in [2.45, 2.75) is 6.43 Å². The maximum atomic E-state index is 12.3. The molecule has 0 fully saturated rings. The third-order valence-corrected chi connectivity index (χ3v) is 2.50. The van der Waals surface area contributed by atoms with Gasteiger partial charge in [-0.25, -0.2) is 13.8 Å². The summed E-state index contributed by atoms with van der Waals surface area (Å²) in [4.78, 5) is 13.9. The van der Waals surface area contributed by atoms with Crippen molar-refractivity contribution in [3.63, 3.8) is 0 Å². The van der Waals surface area contributed by atoms with E-state index in [9.17, 15) is 13.6 Å². The van der Waals surface area contributed by atoms with Crippen molar-refractivity contribution in [1.82, 2.24) is 4.98 Å². The van der Waals surface area contributed by atoms with Crippen molar-refractivity contribution in [2.75, 3.05) is 0 Å². The fraction of sp³-hybridized carbons (Fsp3) is 0.143. The standard InChI is InChI=1S/C7H3ClF2INO/c8-4-1-3(6(9)10)7(11)12-5(4)2-13/h1-2,6H. The molecule has 70 valence electrons. The van der Waals surface area contributed by atoms with E-state index in [0.717, 1.165) is 6.07 Å². The summed E-state index contributed by atoms with van der Waals surface area (Å²) in [6.07, 6.45) is -2.20. The number of pyridine rings is 1. The van der Waals surface area contributed by atoms with Gasteiger partial charge in [-0.1, -0.05) is 11.6 Å². The SMILES string of the molecule is O=Cc1nc(I)c(C(F)F)cc1Cl. The zero-order chi connectivity index (χ0) is 10.0. The fourth-order valence-corrected chi connectivity index (χ4v) is 1.58. The molecule has 1 heterocycles. The molecule has 0 saturated carbocycles. The van der Waals surface area contributed by atoms with E-state index in [1.54, 1.807) is 22.6 Å². The van der Waals surface area contributed by atoms with E-state index >= 15 is 0 Å². The Bertz CT molecular complexity index is 346. The number of halogens is 4. The molecule has 1 rings (SSSR count). The number of hydrogen-bond acceptors (Lipinski definition) is 2. The molecule has 0 amide bonds. The van der Waals surface area contributed by atoms with Gasteiger partial charge in [-0.2, -0.15) is 0 Å². The third-order valence-electron chi connectivity index (χ3n) is 1.33. The first-order valence-electron chi connectivity index (χ1n) is 3.15. The van der Waals surface area contributed by atoms with Gasteiger partial charge >= 0.3 is 0 Å². The normalized spacial score (nSPS) is 10.5.